The van der Waals surface area contributed by atoms with Gasteiger partial charge in [0.25, 0.3) is 0 Å². The summed E-state index contributed by atoms with van der Waals surface area (Å²) in [7, 11) is 1.72. The van der Waals surface area contributed by atoms with Crippen molar-refractivity contribution in [3.8, 4) is 5.75 Å². The minimum atomic E-state index is -0.189. The van der Waals surface area contributed by atoms with Gasteiger partial charge in [-0.1, -0.05) is 12.1 Å². The zero-order valence-corrected chi connectivity index (χ0v) is 12.7. The number of benzene rings is 1. The van der Waals surface area contributed by atoms with Crippen LogP contribution in [0.25, 0.3) is 0 Å². The Morgan fingerprint density at radius 3 is 2.11 bits per heavy atom. The third kappa shape index (κ3) is 2.77. The molecule has 0 aliphatic carbocycles. The molecule has 0 unspecified atom stereocenters. The number of rotatable bonds is 4. The zero-order chi connectivity index (χ0) is 14.3. The van der Waals surface area contributed by atoms with Gasteiger partial charge in [-0.2, -0.15) is 0 Å². The van der Waals surface area contributed by atoms with Gasteiger partial charge in [0.1, 0.15) is 5.75 Å². The average molecular weight is 263 g/mol. The largest absolute Gasteiger partial charge is 0.496 e. The predicted molar refractivity (Wildman–Crippen MR) is 77.8 cm³/mol. The fourth-order valence-electron chi connectivity index (χ4n) is 3.17. The molecule has 1 aliphatic rings. The molecule has 0 spiro atoms. The first-order valence-electron chi connectivity index (χ1n) is 6.80. The van der Waals surface area contributed by atoms with Crippen LogP contribution in [0.3, 0.4) is 0 Å². The molecular formula is C16H25NO2. The van der Waals surface area contributed by atoms with Gasteiger partial charge in [0.15, 0.2) is 0 Å². The minimum absolute atomic E-state index is 0.0695. The number of aryl methyl sites for hydroxylation is 2. The summed E-state index contributed by atoms with van der Waals surface area (Å²) in [4.78, 5) is 0. The van der Waals surface area contributed by atoms with Gasteiger partial charge in [0, 0.05) is 11.0 Å². The highest BCUT2D eigenvalue weighted by molar-refractivity contribution is 5.46. The van der Waals surface area contributed by atoms with Crippen molar-refractivity contribution in [1.82, 2.24) is 0 Å². The lowest BCUT2D eigenvalue weighted by Gasteiger charge is -2.46. The van der Waals surface area contributed by atoms with E-state index in [1.54, 1.807) is 7.11 Å². The predicted octanol–water partition coefficient (Wildman–Crippen LogP) is 2.71. The van der Waals surface area contributed by atoms with E-state index in [0.29, 0.717) is 0 Å². The molecule has 2 N–H and O–H groups in total. The highest BCUT2D eigenvalue weighted by Gasteiger charge is 2.43. The molecule has 1 aliphatic heterocycles. The third-order valence-electron chi connectivity index (χ3n) is 3.83. The van der Waals surface area contributed by atoms with Crippen LogP contribution in [0.5, 0.6) is 5.75 Å². The fraction of sp³-hybridized carbons (Fsp3) is 0.625. The van der Waals surface area contributed by atoms with Crippen LogP contribution in [0.15, 0.2) is 12.1 Å². The van der Waals surface area contributed by atoms with Gasteiger partial charge in [-0.15, -0.1) is 0 Å². The smallest absolute Gasteiger partial charge is 0.124 e. The van der Waals surface area contributed by atoms with Crippen molar-refractivity contribution in [3.05, 3.63) is 28.8 Å². The molecule has 1 aromatic rings. The summed E-state index contributed by atoms with van der Waals surface area (Å²) in [6, 6.07) is 4.44. The normalized spacial score (nSPS) is 18.0. The van der Waals surface area contributed by atoms with E-state index < -0.39 is 0 Å². The van der Waals surface area contributed by atoms with E-state index in [2.05, 4.69) is 39.8 Å². The highest BCUT2D eigenvalue weighted by atomic mass is 16.5. The first-order valence-corrected chi connectivity index (χ1v) is 6.80. The Hall–Kier alpha value is -1.06. The van der Waals surface area contributed by atoms with Crippen LogP contribution in [0.2, 0.25) is 0 Å². The number of hydrogen-bond donors (Lipinski definition) is 1. The second kappa shape index (κ2) is 4.80. The maximum atomic E-state index is 6.22. The summed E-state index contributed by atoms with van der Waals surface area (Å²) >= 11 is 0. The van der Waals surface area contributed by atoms with E-state index in [9.17, 15) is 0 Å². The van der Waals surface area contributed by atoms with Crippen molar-refractivity contribution in [2.75, 3.05) is 20.3 Å². The molecular weight excluding hydrogens is 238 g/mol. The summed E-state index contributed by atoms with van der Waals surface area (Å²) in [5.74, 6) is 0.978. The van der Waals surface area contributed by atoms with Crippen LogP contribution in [0.4, 0.5) is 0 Å². The van der Waals surface area contributed by atoms with Gasteiger partial charge in [-0.3, -0.25) is 0 Å². The molecule has 19 heavy (non-hydrogen) atoms. The first kappa shape index (κ1) is 14.4. The molecule has 1 fully saturated rings. The van der Waals surface area contributed by atoms with Crippen molar-refractivity contribution in [2.24, 2.45) is 5.73 Å². The molecule has 106 valence electrons. The molecule has 0 atom stereocenters. The molecule has 1 heterocycles. The second-order valence-electron chi connectivity index (χ2n) is 6.58. The quantitative estimate of drug-likeness (QED) is 0.908. The Bertz CT molecular complexity index is 447. The number of methoxy groups -OCH3 is 1. The van der Waals surface area contributed by atoms with E-state index >= 15 is 0 Å². The minimum Gasteiger partial charge on any atom is -0.496 e. The van der Waals surface area contributed by atoms with E-state index in [-0.39, 0.29) is 11.0 Å². The molecule has 0 saturated carbocycles. The Balaban J connectivity index is 2.39. The van der Waals surface area contributed by atoms with Crippen LogP contribution in [0.1, 0.15) is 37.0 Å². The molecule has 2 rings (SSSR count). The van der Waals surface area contributed by atoms with Gasteiger partial charge in [0.05, 0.1) is 20.3 Å². The molecule has 0 radical (unpaired) electrons. The third-order valence-corrected chi connectivity index (χ3v) is 3.83. The summed E-state index contributed by atoms with van der Waals surface area (Å²) in [6.45, 7) is 9.87. The van der Waals surface area contributed by atoms with Crippen LogP contribution in [-0.2, 0) is 10.2 Å². The van der Waals surface area contributed by atoms with E-state index in [1.165, 1.54) is 16.7 Å². The lowest BCUT2D eigenvalue weighted by atomic mass is 9.70. The molecule has 0 bridgehead atoms. The highest BCUT2D eigenvalue weighted by Crippen LogP contribution is 2.41. The van der Waals surface area contributed by atoms with Crippen LogP contribution < -0.4 is 10.5 Å². The van der Waals surface area contributed by atoms with Crippen molar-refractivity contribution < 1.29 is 9.47 Å². The summed E-state index contributed by atoms with van der Waals surface area (Å²) in [6.07, 6.45) is 0.936. The Kier molecular flexibility index (Phi) is 3.63. The van der Waals surface area contributed by atoms with E-state index in [1.807, 2.05) is 0 Å². The van der Waals surface area contributed by atoms with Crippen LogP contribution in [-0.4, -0.2) is 25.9 Å². The Morgan fingerprint density at radius 1 is 1.26 bits per heavy atom. The van der Waals surface area contributed by atoms with Crippen molar-refractivity contribution in [3.63, 3.8) is 0 Å². The molecule has 1 saturated heterocycles. The van der Waals surface area contributed by atoms with Gasteiger partial charge in [-0.05, 0) is 50.8 Å². The maximum Gasteiger partial charge on any atom is 0.124 e. The van der Waals surface area contributed by atoms with Crippen molar-refractivity contribution >= 4 is 0 Å². The fourth-order valence-corrected chi connectivity index (χ4v) is 3.17. The number of ether oxygens (including phenoxy) is 2. The van der Waals surface area contributed by atoms with E-state index in [0.717, 1.165) is 25.4 Å². The zero-order valence-electron chi connectivity index (χ0n) is 12.7. The average Bonchev–Trinajstić information content (AvgIpc) is 2.21. The Labute approximate surface area is 116 Å². The lowest BCUT2D eigenvalue weighted by Crippen LogP contribution is -2.53. The molecule has 3 heteroatoms. The van der Waals surface area contributed by atoms with E-state index in [4.69, 9.17) is 15.2 Å². The van der Waals surface area contributed by atoms with Crippen LogP contribution >= 0.6 is 0 Å². The van der Waals surface area contributed by atoms with Gasteiger partial charge >= 0.3 is 0 Å². The second-order valence-corrected chi connectivity index (χ2v) is 6.58. The van der Waals surface area contributed by atoms with Gasteiger partial charge in [0.2, 0.25) is 0 Å². The summed E-state index contributed by atoms with van der Waals surface area (Å²) in [5.41, 5.74) is 9.79. The Morgan fingerprint density at radius 2 is 1.79 bits per heavy atom. The number of nitrogens with two attached hydrogens (primary N) is 1. The lowest BCUT2D eigenvalue weighted by molar-refractivity contribution is -0.0719. The maximum absolute atomic E-state index is 6.22. The SMILES string of the molecule is COc1c(C)cc(C2(CC(C)(C)N)COC2)cc1C. The van der Waals surface area contributed by atoms with Gasteiger partial charge in [-0.25, -0.2) is 0 Å². The van der Waals surface area contributed by atoms with Crippen molar-refractivity contribution in [2.45, 2.75) is 45.1 Å². The molecule has 3 nitrogen and oxygen atoms in total. The summed E-state index contributed by atoms with van der Waals surface area (Å²) in [5, 5.41) is 0. The van der Waals surface area contributed by atoms with Crippen molar-refractivity contribution in [1.29, 1.82) is 0 Å². The molecule has 0 amide bonds. The molecule has 1 aromatic carbocycles. The van der Waals surface area contributed by atoms with Crippen LogP contribution in [0, 0.1) is 13.8 Å². The van der Waals surface area contributed by atoms with Gasteiger partial charge < -0.3 is 15.2 Å². The molecule has 0 aromatic heterocycles. The monoisotopic (exact) mass is 263 g/mol. The topological polar surface area (TPSA) is 44.5 Å². The number of hydrogen-bond acceptors (Lipinski definition) is 3. The summed E-state index contributed by atoms with van der Waals surface area (Å²) < 4.78 is 10.9. The first-order chi connectivity index (χ1) is 8.77. The standard InChI is InChI=1S/C16H25NO2/c1-11-6-13(7-12(2)14(11)18-5)16(9-19-10-16)8-15(3,4)17/h6-7H,8-10,17H2,1-5H3.